The predicted molar refractivity (Wildman–Crippen MR) is 124 cm³/mol. The van der Waals surface area contributed by atoms with Gasteiger partial charge in [-0.2, -0.15) is 0 Å². The summed E-state index contributed by atoms with van der Waals surface area (Å²) in [6.45, 7) is 2.08. The highest BCUT2D eigenvalue weighted by atomic mass is 32.2. The van der Waals surface area contributed by atoms with E-state index in [0.717, 1.165) is 32.1 Å². The van der Waals surface area contributed by atoms with Crippen LogP contribution in [0.1, 0.15) is 21.5 Å². The van der Waals surface area contributed by atoms with Crippen LogP contribution in [0.15, 0.2) is 58.3 Å². The maximum Gasteiger partial charge on any atom is 0.293 e. The maximum absolute atomic E-state index is 12.6. The van der Waals surface area contributed by atoms with Gasteiger partial charge in [-0.05, 0) is 54.6 Å². The highest BCUT2D eigenvalue weighted by Crippen LogP contribution is 2.31. The van der Waals surface area contributed by atoms with Gasteiger partial charge >= 0.3 is 0 Å². The molecule has 3 amide bonds. The highest BCUT2D eigenvalue weighted by molar-refractivity contribution is 8.18. The van der Waals surface area contributed by atoms with Crippen molar-refractivity contribution in [2.45, 2.75) is 11.8 Å². The third-order valence-electron chi connectivity index (χ3n) is 4.76. The fourth-order valence-corrected chi connectivity index (χ4v) is 4.65. The molecule has 3 rings (SSSR count). The van der Waals surface area contributed by atoms with Gasteiger partial charge in [0.25, 0.3) is 17.1 Å². The zero-order chi connectivity index (χ0) is 23.5. The minimum Gasteiger partial charge on any atom is -0.350 e. The lowest BCUT2D eigenvalue weighted by molar-refractivity contribution is -0.122. The van der Waals surface area contributed by atoms with Crippen molar-refractivity contribution in [2.24, 2.45) is 0 Å². The Morgan fingerprint density at radius 1 is 1.06 bits per heavy atom. The van der Waals surface area contributed by atoms with E-state index in [-0.39, 0.29) is 28.8 Å². The largest absolute Gasteiger partial charge is 0.350 e. The normalized spacial score (nSPS) is 15.6. The maximum atomic E-state index is 12.6. The quantitative estimate of drug-likeness (QED) is 0.620. The molecule has 1 saturated heterocycles. The molecule has 1 aliphatic rings. The summed E-state index contributed by atoms with van der Waals surface area (Å²) >= 11 is 0.867. The van der Waals surface area contributed by atoms with Crippen molar-refractivity contribution in [1.29, 1.82) is 0 Å². The van der Waals surface area contributed by atoms with E-state index in [0.29, 0.717) is 4.91 Å². The Hall–Kier alpha value is -2.95. The zero-order valence-electron chi connectivity index (χ0n) is 17.9. The Morgan fingerprint density at radius 3 is 2.28 bits per heavy atom. The first-order valence-electron chi connectivity index (χ1n) is 9.72. The van der Waals surface area contributed by atoms with E-state index in [4.69, 9.17) is 0 Å². The van der Waals surface area contributed by atoms with Gasteiger partial charge in [0.15, 0.2) is 0 Å². The highest BCUT2D eigenvalue weighted by Gasteiger charge is 2.34. The first-order chi connectivity index (χ1) is 15.1. The van der Waals surface area contributed by atoms with Crippen molar-refractivity contribution in [3.63, 3.8) is 0 Å². The summed E-state index contributed by atoms with van der Waals surface area (Å²) in [4.78, 5) is 38.6. The van der Waals surface area contributed by atoms with Crippen LogP contribution >= 0.6 is 11.8 Å². The molecular formula is C22H23N3O5S2. The van der Waals surface area contributed by atoms with E-state index in [9.17, 15) is 22.8 Å². The molecule has 0 bridgehead atoms. The molecule has 168 valence electrons. The predicted octanol–water partition coefficient (Wildman–Crippen LogP) is 2.71. The molecule has 1 N–H and O–H groups in total. The lowest BCUT2D eigenvalue weighted by atomic mass is 10.1. The molecule has 1 aliphatic heterocycles. The van der Waals surface area contributed by atoms with Crippen molar-refractivity contribution in [3.8, 4) is 0 Å². The molecule has 2 aromatic rings. The van der Waals surface area contributed by atoms with Crippen LogP contribution in [0.5, 0.6) is 0 Å². The first-order valence-corrected chi connectivity index (χ1v) is 12.0. The number of nitrogens with one attached hydrogen (secondary N) is 1. The molecule has 0 aromatic heterocycles. The fraction of sp³-hybridized carbons (Fsp3) is 0.227. The van der Waals surface area contributed by atoms with E-state index in [1.54, 1.807) is 6.08 Å². The molecule has 2 aromatic carbocycles. The molecule has 1 fully saturated rings. The average Bonchev–Trinajstić information content (AvgIpc) is 3.02. The van der Waals surface area contributed by atoms with E-state index < -0.39 is 21.8 Å². The van der Waals surface area contributed by atoms with E-state index in [1.165, 1.54) is 38.4 Å². The molecule has 10 heteroatoms. The van der Waals surface area contributed by atoms with Crippen molar-refractivity contribution in [1.82, 2.24) is 14.5 Å². The van der Waals surface area contributed by atoms with Gasteiger partial charge in [0.2, 0.25) is 10.0 Å². The average molecular weight is 474 g/mol. The third-order valence-corrected chi connectivity index (χ3v) is 7.50. The molecule has 0 unspecified atom stereocenters. The van der Waals surface area contributed by atoms with Gasteiger partial charge in [-0.1, -0.05) is 29.8 Å². The number of aryl methyl sites for hydroxylation is 1. The number of benzene rings is 2. The van der Waals surface area contributed by atoms with Gasteiger partial charge in [-0.15, -0.1) is 0 Å². The first kappa shape index (κ1) is 23.7. The molecule has 0 aliphatic carbocycles. The van der Waals surface area contributed by atoms with Gasteiger partial charge < -0.3 is 5.32 Å². The number of imide groups is 1. The van der Waals surface area contributed by atoms with Crippen LogP contribution in [0.25, 0.3) is 6.08 Å². The van der Waals surface area contributed by atoms with Gasteiger partial charge in [0.05, 0.1) is 9.80 Å². The van der Waals surface area contributed by atoms with Gasteiger partial charge in [-0.25, -0.2) is 12.7 Å². The monoisotopic (exact) mass is 473 g/mol. The lowest BCUT2D eigenvalue weighted by Gasteiger charge is -2.13. The lowest BCUT2D eigenvalue weighted by Crippen LogP contribution is -2.37. The number of amides is 3. The smallest absolute Gasteiger partial charge is 0.293 e. The summed E-state index contributed by atoms with van der Waals surface area (Å²) < 4.78 is 25.3. The van der Waals surface area contributed by atoms with Gasteiger partial charge in [0.1, 0.15) is 0 Å². The molecule has 0 saturated carbocycles. The number of nitrogens with zero attached hydrogens (tertiary/aromatic N) is 2. The van der Waals surface area contributed by atoms with Crippen LogP contribution in [-0.4, -0.2) is 61.9 Å². The van der Waals surface area contributed by atoms with Crippen LogP contribution < -0.4 is 5.32 Å². The minimum atomic E-state index is -3.58. The second-order valence-electron chi connectivity index (χ2n) is 7.31. The van der Waals surface area contributed by atoms with Crippen LogP contribution in [0.3, 0.4) is 0 Å². The van der Waals surface area contributed by atoms with Crippen LogP contribution in [0.4, 0.5) is 4.79 Å². The molecule has 8 nitrogen and oxygen atoms in total. The number of thioether (sulfide) groups is 1. The second-order valence-corrected chi connectivity index (χ2v) is 10.5. The number of hydrogen-bond donors (Lipinski definition) is 1. The number of hydrogen-bond acceptors (Lipinski definition) is 6. The second kappa shape index (κ2) is 9.68. The van der Waals surface area contributed by atoms with Crippen molar-refractivity contribution < 1.29 is 22.8 Å². The SMILES string of the molecule is Cc1ccc(C=C2SC(=O)N(CCNC(=O)c3ccc(S(=O)(=O)N(C)C)cc3)C2=O)cc1. The molecule has 0 spiro atoms. The van der Waals surface area contributed by atoms with E-state index >= 15 is 0 Å². The standard InChI is InChI=1S/C22H23N3O5S2/c1-15-4-6-16(7-5-15)14-19-21(27)25(22(28)31-19)13-12-23-20(26)17-8-10-18(11-9-17)32(29,30)24(2)3/h4-11,14H,12-13H2,1-3H3,(H,23,26). The number of carbonyl (C=O) groups excluding carboxylic acids is 3. The number of sulfonamides is 1. The molecule has 1 heterocycles. The number of carbonyl (C=O) groups is 3. The fourth-order valence-electron chi connectivity index (χ4n) is 2.88. The summed E-state index contributed by atoms with van der Waals surface area (Å²) in [6, 6.07) is 13.1. The summed E-state index contributed by atoms with van der Waals surface area (Å²) in [5, 5.41) is 2.26. The number of rotatable bonds is 7. The van der Waals surface area contributed by atoms with E-state index in [2.05, 4.69) is 5.32 Å². The Bertz CT molecular complexity index is 1170. The van der Waals surface area contributed by atoms with Crippen molar-refractivity contribution in [2.75, 3.05) is 27.2 Å². The van der Waals surface area contributed by atoms with Gasteiger partial charge in [0, 0.05) is 32.7 Å². The zero-order valence-corrected chi connectivity index (χ0v) is 19.5. The Labute approximate surface area is 191 Å². The minimum absolute atomic E-state index is 0.0364. The summed E-state index contributed by atoms with van der Waals surface area (Å²) in [6.07, 6.45) is 1.67. The Kier molecular flexibility index (Phi) is 7.17. The molecule has 0 radical (unpaired) electrons. The summed E-state index contributed by atoms with van der Waals surface area (Å²) in [5.41, 5.74) is 2.20. The van der Waals surface area contributed by atoms with Crippen molar-refractivity contribution in [3.05, 3.63) is 70.1 Å². The van der Waals surface area contributed by atoms with E-state index in [1.807, 2.05) is 31.2 Å². The van der Waals surface area contributed by atoms with Crippen LogP contribution in [0, 0.1) is 6.92 Å². The third kappa shape index (κ3) is 5.26. The molecule has 32 heavy (non-hydrogen) atoms. The van der Waals surface area contributed by atoms with Gasteiger partial charge in [-0.3, -0.25) is 19.3 Å². The Balaban J connectivity index is 1.58. The molecular weight excluding hydrogens is 450 g/mol. The Morgan fingerprint density at radius 2 is 1.69 bits per heavy atom. The van der Waals surface area contributed by atoms with Crippen LogP contribution in [-0.2, 0) is 14.8 Å². The van der Waals surface area contributed by atoms with Crippen molar-refractivity contribution >= 4 is 44.9 Å². The van der Waals surface area contributed by atoms with Crippen LogP contribution in [0.2, 0.25) is 0 Å². The summed E-state index contributed by atoms with van der Waals surface area (Å²) in [7, 11) is -0.723. The topological polar surface area (TPSA) is 104 Å². The summed E-state index contributed by atoms with van der Waals surface area (Å²) in [5.74, 6) is -0.825. The molecule has 0 atom stereocenters.